The van der Waals surface area contributed by atoms with Gasteiger partial charge >= 0.3 is 0 Å². The molecule has 1 unspecified atom stereocenters. The van der Waals surface area contributed by atoms with Gasteiger partial charge in [-0.25, -0.2) is 4.99 Å². The second-order valence-electron chi connectivity index (χ2n) is 12.4. The zero-order valence-corrected chi connectivity index (χ0v) is 27.1. The van der Waals surface area contributed by atoms with Crippen molar-refractivity contribution < 1.29 is 0 Å². The summed E-state index contributed by atoms with van der Waals surface area (Å²) >= 11 is 0. The number of aliphatic imine (C=N–C) groups is 2. The van der Waals surface area contributed by atoms with Crippen molar-refractivity contribution in [2.75, 3.05) is 0 Å². The normalized spacial score (nSPS) is 12.9. The minimum absolute atomic E-state index is 0.278. The fourth-order valence-corrected chi connectivity index (χ4v) is 6.92. The SMILES string of the molecule is N/C=N\C(=N/C(c1ccc(-c2ccccc2)cc1)c1ccc(-c2cccc3c2Cc2ccc(-c4ccccc4)cc2-3)cc1)c1ccccc1. The second kappa shape index (κ2) is 13.4. The number of fused-ring (bicyclic) bond motifs is 3. The molecule has 0 heterocycles. The first-order valence-electron chi connectivity index (χ1n) is 16.7. The van der Waals surface area contributed by atoms with Crippen LogP contribution in [-0.2, 0) is 6.42 Å². The van der Waals surface area contributed by atoms with Gasteiger partial charge in [-0.2, -0.15) is 0 Å². The summed E-state index contributed by atoms with van der Waals surface area (Å²) in [7, 11) is 0. The van der Waals surface area contributed by atoms with Crippen molar-refractivity contribution >= 4 is 12.2 Å². The summed E-state index contributed by atoms with van der Waals surface area (Å²) in [5.74, 6) is 0.595. The van der Waals surface area contributed by atoms with Crippen molar-refractivity contribution in [3.8, 4) is 44.5 Å². The van der Waals surface area contributed by atoms with Gasteiger partial charge in [-0.1, -0.05) is 170 Å². The highest BCUT2D eigenvalue weighted by atomic mass is 15.0. The Kier molecular flexibility index (Phi) is 8.23. The zero-order valence-electron chi connectivity index (χ0n) is 27.1. The summed E-state index contributed by atoms with van der Waals surface area (Å²) in [6.07, 6.45) is 2.25. The number of nitrogens with zero attached hydrogens (tertiary/aromatic N) is 2. The fourth-order valence-electron chi connectivity index (χ4n) is 6.92. The molecule has 0 aromatic heterocycles. The van der Waals surface area contributed by atoms with Gasteiger partial charge in [-0.3, -0.25) is 4.99 Å². The molecule has 0 spiro atoms. The highest BCUT2D eigenvalue weighted by Gasteiger charge is 2.23. The van der Waals surface area contributed by atoms with Crippen molar-refractivity contribution in [2.45, 2.75) is 12.5 Å². The van der Waals surface area contributed by atoms with Gasteiger partial charge in [0.25, 0.3) is 0 Å². The van der Waals surface area contributed by atoms with E-state index in [1.807, 2.05) is 36.4 Å². The summed E-state index contributed by atoms with van der Waals surface area (Å²) in [6, 6.07) is 62.0. The third-order valence-electron chi connectivity index (χ3n) is 9.40. The number of amidine groups is 1. The van der Waals surface area contributed by atoms with Crippen molar-refractivity contribution in [1.29, 1.82) is 0 Å². The Morgan fingerprint density at radius 3 is 1.65 bits per heavy atom. The molecule has 0 saturated heterocycles. The monoisotopic (exact) mass is 629 g/mol. The van der Waals surface area contributed by atoms with Crippen LogP contribution in [0, 0.1) is 0 Å². The van der Waals surface area contributed by atoms with Gasteiger partial charge in [0.2, 0.25) is 0 Å². The van der Waals surface area contributed by atoms with Crippen LogP contribution in [-0.4, -0.2) is 12.2 Å². The van der Waals surface area contributed by atoms with Crippen LogP contribution in [0.25, 0.3) is 44.5 Å². The number of hydrogen-bond acceptors (Lipinski definition) is 1. The highest BCUT2D eigenvalue weighted by molar-refractivity contribution is 6.03. The molecule has 0 aliphatic heterocycles. The predicted octanol–water partition coefficient (Wildman–Crippen LogP) is 10.8. The molecule has 1 aliphatic rings. The Morgan fingerprint density at radius 1 is 0.490 bits per heavy atom. The molecule has 0 fully saturated rings. The van der Waals surface area contributed by atoms with Gasteiger partial charge in [-0.15, -0.1) is 0 Å². The molecule has 0 saturated carbocycles. The van der Waals surface area contributed by atoms with E-state index in [1.165, 1.54) is 62.0 Å². The van der Waals surface area contributed by atoms with Gasteiger partial charge in [0.05, 0.1) is 6.34 Å². The smallest absolute Gasteiger partial charge is 0.157 e. The van der Waals surface area contributed by atoms with E-state index in [-0.39, 0.29) is 6.04 Å². The Morgan fingerprint density at radius 2 is 1.02 bits per heavy atom. The number of hydrogen-bond donors (Lipinski definition) is 1. The second-order valence-corrected chi connectivity index (χ2v) is 12.4. The van der Waals surface area contributed by atoms with E-state index in [9.17, 15) is 0 Å². The lowest BCUT2D eigenvalue weighted by Crippen LogP contribution is -2.07. The lowest BCUT2D eigenvalue weighted by Gasteiger charge is -2.17. The van der Waals surface area contributed by atoms with Gasteiger partial charge in [0.15, 0.2) is 5.84 Å². The molecular weight excluding hydrogens is 595 g/mol. The Balaban J connectivity index is 1.16. The summed E-state index contributed by atoms with van der Waals surface area (Å²) < 4.78 is 0. The van der Waals surface area contributed by atoms with Crippen molar-refractivity contribution in [1.82, 2.24) is 0 Å². The summed E-state index contributed by atoms with van der Waals surface area (Å²) in [4.78, 5) is 9.74. The predicted molar refractivity (Wildman–Crippen MR) is 205 cm³/mol. The van der Waals surface area contributed by atoms with Gasteiger partial charge in [-0.05, 0) is 79.2 Å². The molecule has 3 nitrogen and oxygen atoms in total. The third-order valence-corrected chi connectivity index (χ3v) is 9.40. The largest absolute Gasteiger partial charge is 0.390 e. The summed E-state index contributed by atoms with van der Waals surface area (Å²) in [6.45, 7) is 0. The Hall–Kier alpha value is -6.32. The highest BCUT2D eigenvalue weighted by Crippen LogP contribution is 2.43. The van der Waals surface area contributed by atoms with E-state index in [1.54, 1.807) is 0 Å². The van der Waals surface area contributed by atoms with E-state index in [0.29, 0.717) is 5.84 Å². The average molecular weight is 630 g/mol. The first-order valence-corrected chi connectivity index (χ1v) is 16.7. The lowest BCUT2D eigenvalue weighted by atomic mass is 9.92. The van der Waals surface area contributed by atoms with E-state index in [4.69, 9.17) is 10.7 Å². The molecule has 1 atom stereocenters. The van der Waals surface area contributed by atoms with Gasteiger partial charge < -0.3 is 5.73 Å². The topological polar surface area (TPSA) is 50.7 Å². The van der Waals surface area contributed by atoms with Crippen molar-refractivity contribution in [3.63, 3.8) is 0 Å². The van der Waals surface area contributed by atoms with E-state index in [0.717, 1.165) is 23.1 Å². The standard InChI is InChI=1S/C46H35N3/c47-31-48-46(38-15-8-3-9-16-38)49-45(36-23-19-34(20-24-36)32-11-4-1-5-12-32)37-25-21-35(22-26-37)41-17-10-18-42-43-29-39(33-13-6-2-7-14-33)27-28-40(43)30-44(41)42/h1-29,31,45H,30H2,(H2,47,48,49). The van der Waals surface area contributed by atoms with Crippen LogP contribution in [0.1, 0.15) is 33.9 Å². The molecule has 0 amide bonds. The van der Waals surface area contributed by atoms with Crippen LogP contribution in [0.4, 0.5) is 0 Å². The van der Waals surface area contributed by atoms with Crippen LogP contribution >= 0.6 is 0 Å². The Bertz CT molecular complexity index is 2270. The van der Waals surface area contributed by atoms with Crippen LogP contribution in [0.3, 0.4) is 0 Å². The van der Waals surface area contributed by atoms with Crippen molar-refractivity contribution in [2.24, 2.45) is 15.7 Å². The quantitative estimate of drug-likeness (QED) is 0.138. The van der Waals surface area contributed by atoms with E-state index < -0.39 is 0 Å². The molecule has 8 rings (SSSR count). The van der Waals surface area contributed by atoms with E-state index in [2.05, 4.69) is 145 Å². The molecular formula is C46H35N3. The van der Waals surface area contributed by atoms with Gasteiger partial charge in [0.1, 0.15) is 6.04 Å². The molecule has 1 aliphatic carbocycles. The maximum absolute atomic E-state index is 5.83. The number of nitrogens with two attached hydrogens (primary N) is 1. The van der Waals surface area contributed by atoms with Crippen LogP contribution in [0.5, 0.6) is 0 Å². The van der Waals surface area contributed by atoms with Crippen LogP contribution in [0.15, 0.2) is 186 Å². The fraction of sp³-hybridized carbons (Fsp3) is 0.0435. The Labute approximate surface area is 287 Å². The average Bonchev–Trinajstić information content (AvgIpc) is 3.56. The van der Waals surface area contributed by atoms with E-state index >= 15 is 0 Å². The molecule has 49 heavy (non-hydrogen) atoms. The van der Waals surface area contributed by atoms with Crippen molar-refractivity contribution in [3.05, 3.63) is 204 Å². The molecule has 7 aromatic carbocycles. The maximum Gasteiger partial charge on any atom is 0.157 e. The number of rotatable bonds is 7. The number of benzene rings is 7. The first kappa shape index (κ1) is 30.0. The molecule has 3 heteroatoms. The first-order chi connectivity index (χ1) is 24.2. The summed E-state index contributed by atoms with van der Waals surface area (Å²) in [5, 5.41) is 0. The molecule has 7 aromatic rings. The molecule has 0 radical (unpaired) electrons. The minimum Gasteiger partial charge on any atom is -0.390 e. The third kappa shape index (κ3) is 6.10. The molecule has 2 N–H and O–H groups in total. The molecule has 0 bridgehead atoms. The van der Waals surface area contributed by atoms with Gasteiger partial charge in [0, 0.05) is 5.56 Å². The molecule has 234 valence electrons. The minimum atomic E-state index is -0.278. The summed E-state index contributed by atoms with van der Waals surface area (Å²) in [5.41, 5.74) is 21.6. The van der Waals surface area contributed by atoms with Crippen LogP contribution in [0.2, 0.25) is 0 Å². The lowest BCUT2D eigenvalue weighted by molar-refractivity contribution is 0.871. The maximum atomic E-state index is 5.83. The zero-order chi connectivity index (χ0) is 33.0. The van der Waals surface area contributed by atoms with Crippen LogP contribution < -0.4 is 5.73 Å².